The molecule has 1 heterocycles. The lowest BCUT2D eigenvalue weighted by Crippen LogP contribution is -2.47. The van der Waals surface area contributed by atoms with E-state index >= 15 is 0 Å². The Kier molecular flexibility index (Phi) is 7.13. The van der Waals surface area contributed by atoms with Crippen molar-refractivity contribution in [1.29, 1.82) is 0 Å². The van der Waals surface area contributed by atoms with Crippen LogP contribution in [0.25, 0.3) is 0 Å². The fraction of sp³-hybridized carbons (Fsp3) is 0.478. The number of nitrogens with zero attached hydrogens (tertiary/aromatic N) is 1. The molecule has 1 N–H and O–H groups in total. The van der Waals surface area contributed by atoms with Crippen molar-refractivity contribution in [3.63, 3.8) is 0 Å². The maximum Gasteiger partial charge on any atom is 0.261 e. The molecule has 8 heteroatoms. The van der Waals surface area contributed by atoms with E-state index < -0.39 is 20.0 Å². The fourth-order valence-corrected chi connectivity index (χ4v) is 7.12. The van der Waals surface area contributed by atoms with Crippen molar-refractivity contribution in [3.8, 4) is 0 Å². The molecule has 2 aromatic rings. The van der Waals surface area contributed by atoms with Crippen molar-refractivity contribution in [2.24, 2.45) is 5.92 Å². The van der Waals surface area contributed by atoms with Crippen LogP contribution in [0.3, 0.4) is 0 Å². The van der Waals surface area contributed by atoms with Crippen LogP contribution in [0, 0.1) is 5.92 Å². The van der Waals surface area contributed by atoms with Gasteiger partial charge in [-0.15, -0.1) is 0 Å². The van der Waals surface area contributed by atoms with Gasteiger partial charge >= 0.3 is 0 Å². The van der Waals surface area contributed by atoms with Gasteiger partial charge in [0.25, 0.3) is 10.0 Å². The molecule has 0 bridgehead atoms. The highest BCUT2D eigenvalue weighted by Crippen LogP contribution is 2.30. The first kappa shape index (κ1) is 23.8. The topological polar surface area (TPSA) is 83.5 Å². The van der Waals surface area contributed by atoms with Crippen LogP contribution in [0.1, 0.15) is 52.5 Å². The van der Waals surface area contributed by atoms with Gasteiger partial charge in [-0.1, -0.05) is 32.4 Å². The number of benzene rings is 2. The predicted molar refractivity (Wildman–Crippen MR) is 124 cm³/mol. The van der Waals surface area contributed by atoms with Crippen molar-refractivity contribution in [2.75, 3.05) is 4.72 Å². The average Bonchev–Trinajstić information content (AvgIpc) is 2.68. The Bertz CT molecular complexity index is 1080. The number of sulfonamides is 2. The summed E-state index contributed by atoms with van der Waals surface area (Å²) >= 11 is 0. The minimum Gasteiger partial charge on any atom is -0.280 e. The van der Waals surface area contributed by atoms with Crippen molar-refractivity contribution < 1.29 is 16.8 Å². The van der Waals surface area contributed by atoms with E-state index in [1.807, 2.05) is 26.0 Å². The smallest absolute Gasteiger partial charge is 0.261 e. The molecule has 31 heavy (non-hydrogen) atoms. The maximum absolute atomic E-state index is 13.1. The van der Waals surface area contributed by atoms with Crippen LogP contribution in [-0.4, -0.2) is 33.2 Å². The first-order chi connectivity index (χ1) is 14.5. The number of anilines is 1. The molecular formula is C23H32N2O4S2. The minimum atomic E-state index is -3.75. The molecule has 170 valence electrons. The molecule has 1 fully saturated rings. The van der Waals surface area contributed by atoms with E-state index in [0.717, 1.165) is 31.2 Å². The third-order valence-corrected chi connectivity index (χ3v) is 9.21. The SMILES string of the molecule is CC(C)Cc1ccc(S(=O)(=O)Nc2ccc(S(=O)(=O)N3[C@H](C)CCC[C@H]3C)cc2)cc1. The fourth-order valence-electron chi connectivity index (χ4n) is 4.18. The van der Waals surface area contributed by atoms with E-state index in [1.165, 1.54) is 24.3 Å². The second-order valence-electron chi connectivity index (χ2n) is 8.84. The number of hydrogen-bond donors (Lipinski definition) is 1. The highest BCUT2D eigenvalue weighted by atomic mass is 32.2. The van der Waals surface area contributed by atoms with Crippen LogP contribution in [0.15, 0.2) is 58.3 Å². The minimum absolute atomic E-state index is 0.0504. The quantitative estimate of drug-likeness (QED) is 0.647. The first-order valence-electron chi connectivity index (χ1n) is 10.8. The van der Waals surface area contributed by atoms with Crippen LogP contribution in [0.5, 0.6) is 0 Å². The zero-order valence-corrected chi connectivity index (χ0v) is 20.2. The van der Waals surface area contributed by atoms with Crippen molar-refractivity contribution in [1.82, 2.24) is 4.31 Å². The summed E-state index contributed by atoms with van der Waals surface area (Å²) in [6, 6.07) is 12.7. The van der Waals surface area contributed by atoms with Crippen molar-refractivity contribution >= 4 is 25.7 Å². The number of piperidine rings is 1. The summed E-state index contributed by atoms with van der Waals surface area (Å²) in [6.07, 6.45) is 3.60. The van der Waals surface area contributed by atoms with E-state index in [0.29, 0.717) is 11.6 Å². The van der Waals surface area contributed by atoms with Gasteiger partial charge in [-0.25, -0.2) is 16.8 Å². The van der Waals surface area contributed by atoms with Crippen LogP contribution >= 0.6 is 0 Å². The van der Waals surface area contributed by atoms with E-state index in [4.69, 9.17) is 0 Å². The summed E-state index contributed by atoms with van der Waals surface area (Å²) in [5.41, 5.74) is 1.41. The monoisotopic (exact) mass is 464 g/mol. The van der Waals surface area contributed by atoms with Gasteiger partial charge in [0.2, 0.25) is 10.0 Å². The van der Waals surface area contributed by atoms with Crippen LogP contribution in [0.2, 0.25) is 0 Å². The first-order valence-corrected chi connectivity index (χ1v) is 13.7. The van der Waals surface area contributed by atoms with Crippen molar-refractivity contribution in [2.45, 2.75) is 75.3 Å². The van der Waals surface area contributed by atoms with Crippen LogP contribution in [0.4, 0.5) is 5.69 Å². The van der Waals surface area contributed by atoms with Gasteiger partial charge in [0.05, 0.1) is 9.79 Å². The molecule has 0 saturated carbocycles. The van der Waals surface area contributed by atoms with E-state index in [2.05, 4.69) is 18.6 Å². The summed E-state index contributed by atoms with van der Waals surface area (Å²) in [7, 11) is -7.39. The molecule has 2 atom stereocenters. The van der Waals surface area contributed by atoms with E-state index in [-0.39, 0.29) is 21.9 Å². The predicted octanol–water partition coefficient (Wildman–Crippen LogP) is 4.64. The normalized spacial score (nSPS) is 20.7. The lowest BCUT2D eigenvalue weighted by Gasteiger charge is -2.37. The molecule has 1 saturated heterocycles. The average molecular weight is 465 g/mol. The number of rotatable bonds is 7. The summed E-state index contributed by atoms with van der Waals surface area (Å²) in [5.74, 6) is 0.492. The Balaban J connectivity index is 1.77. The standard InChI is InChI=1S/C23H32N2O4S2/c1-17(2)16-20-8-12-22(13-9-20)30(26,27)24-21-10-14-23(15-11-21)31(28,29)25-18(3)6-5-7-19(25)4/h8-15,17-19,24H,5-7,16H2,1-4H3/t18-,19-/m1/s1. The molecule has 2 aromatic carbocycles. The summed E-state index contributed by atoms with van der Waals surface area (Å²) in [6.45, 7) is 8.09. The van der Waals surface area contributed by atoms with Gasteiger partial charge in [0.1, 0.15) is 0 Å². The molecule has 0 amide bonds. The zero-order chi connectivity index (χ0) is 22.8. The lowest BCUT2D eigenvalue weighted by atomic mass is 10.0. The van der Waals surface area contributed by atoms with Gasteiger partial charge < -0.3 is 0 Å². The maximum atomic E-state index is 13.1. The zero-order valence-electron chi connectivity index (χ0n) is 18.6. The lowest BCUT2D eigenvalue weighted by molar-refractivity contribution is 0.204. The second-order valence-corrected chi connectivity index (χ2v) is 12.4. The Morgan fingerprint density at radius 2 is 1.39 bits per heavy atom. The Labute approximate surface area is 186 Å². The number of hydrogen-bond acceptors (Lipinski definition) is 4. The molecule has 0 aromatic heterocycles. The molecule has 0 radical (unpaired) electrons. The molecular weight excluding hydrogens is 432 g/mol. The molecule has 3 rings (SSSR count). The number of nitrogens with one attached hydrogen (secondary N) is 1. The summed E-state index contributed by atoms with van der Waals surface area (Å²) in [5, 5.41) is 0. The van der Waals surface area contributed by atoms with Gasteiger partial charge in [-0.3, -0.25) is 4.72 Å². The molecule has 0 spiro atoms. The Hall–Kier alpha value is -1.90. The summed E-state index contributed by atoms with van der Waals surface area (Å²) in [4.78, 5) is 0.349. The largest absolute Gasteiger partial charge is 0.280 e. The van der Waals surface area contributed by atoms with Crippen LogP contribution in [-0.2, 0) is 26.5 Å². The molecule has 1 aliphatic heterocycles. The third kappa shape index (κ3) is 5.48. The third-order valence-electron chi connectivity index (χ3n) is 5.67. The van der Waals surface area contributed by atoms with Gasteiger partial charge in [-0.05, 0) is 81.0 Å². The van der Waals surface area contributed by atoms with Crippen LogP contribution < -0.4 is 4.72 Å². The molecule has 1 aliphatic rings. The molecule has 0 aliphatic carbocycles. The van der Waals surface area contributed by atoms with Crippen molar-refractivity contribution in [3.05, 3.63) is 54.1 Å². The Morgan fingerprint density at radius 1 is 0.871 bits per heavy atom. The molecule has 6 nitrogen and oxygen atoms in total. The Morgan fingerprint density at radius 3 is 1.90 bits per heavy atom. The molecule has 0 unspecified atom stereocenters. The van der Waals surface area contributed by atoms with Gasteiger partial charge in [0, 0.05) is 17.8 Å². The summed E-state index contributed by atoms with van der Waals surface area (Å²) < 4.78 is 55.8. The van der Waals surface area contributed by atoms with Gasteiger partial charge in [-0.2, -0.15) is 4.31 Å². The highest BCUT2D eigenvalue weighted by molar-refractivity contribution is 7.92. The highest BCUT2D eigenvalue weighted by Gasteiger charge is 2.35. The van der Waals surface area contributed by atoms with E-state index in [9.17, 15) is 16.8 Å². The second kappa shape index (κ2) is 9.30. The van der Waals surface area contributed by atoms with Gasteiger partial charge in [0.15, 0.2) is 0 Å². The van der Waals surface area contributed by atoms with E-state index in [1.54, 1.807) is 16.4 Å².